The lowest BCUT2D eigenvalue weighted by molar-refractivity contribution is -0.144. The van der Waals surface area contributed by atoms with Crippen LogP contribution in [0.15, 0.2) is 58.4 Å². The lowest BCUT2D eigenvalue weighted by Gasteiger charge is -2.31. The van der Waals surface area contributed by atoms with Gasteiger partial charge >= 0.3 is 10.8 Å². The first kappa shape index (κ1) is 26.4. The molecule has 3 aromatic rings. The fourth-order valence-corrected chi connectivity index (χ4v) is 7.76. The molecular formula is C28H27FN2O5S2. The Morgan fingerprint density at radius 2 is 1.66 bits per heavy atom. The summed E-state index contributed by atoms with van der Waals surface area (Å²) in [5, 5.41) is -0.309. The van der Waals surface area contributed by atoms with Crippen LogP contribution in [0.25, 0.3) is 0 Å². The number of anilines is 1. The molecule has 0 radical (unpaired) electrons. The van der Waals surface area contributed by atoms with Gasteiger partial charge in [0.15, 0.2) is 0 Å². The van der Waals surface area contributed by atoms with Gasteiger partial charge in [0.1, 0.15) is 17.6 Å². The molecule has 1 fully saturated rings. The molecule has 2 aromatic carbocycles. The van der Waals surface area contributed by atoms with Crippen molar-refractivity contribution < 1.29 is 23.5 Å². The van der Waals surface area contributed by atoms with Crippen LogP contribution in [0.5, 0.6) is 0 Å². The summed E-state index contributed by atoms with van der Waals surface area (Å²) in [6, 6.07) is 13.1. The number of amides is 2. The smallest absolute Gasteiger partial charge is 0.326 e. The van der Waals surface area contributed by atoms with Crippen LogP contribution in [0.4, 0.5) is 10.1 Å². The number of hydrogen-bond acceptors (Lipinski definition) is 7. The fraction of sp³-hybridized carbons (Fsp3) is 0.357. The molecule has 3 unspecified atom stereocenters. The molecule has 2 aliphatic heterocycles. The van der Waals surface area contributed by atoms with Crippen molar-refractivity contribution in [1.82, 2.24) is 4.57 Å². The van der Waals surface area contributed by atoms with E-state index in [2.05, 4.69) is 20.8 Å². The monoisotopic (exact) mass is 554 g/mol. The Labute approximate surface area is 227 Å². The van der Waals surface area contributed by atoms with Gasteiger partial charge in [0.2, 0.25) is 11.8 Å². The summed E-state index contributed by atoms with van der Waals surface area (Å²) >= 11 is 2.12. The Morgan fingerprint density at radius 1 is 1.00 bits per heavy atom. The van der Waals surface area contributed by atoms with Crippen LogP contribution in [-0.2, 0) is 31.1 Å². The van der Waals surface area contributed by atoms with Gasteiger partial charge in [-0.05, 0) is 47.7 Å². The third kappa shape index (κ3) is 4.49. The number of aromatic nitrogens is 1. The molecule has 10 heteroatoms. The van der Waals surface area contributed by atoms with E-state index in [1.165, 1.54) is 28.8 Å². The summed E-state index contributed by atoms with van der Waals surface area (Å²) in [7, 11) is 0. The number of nitrogens with zero attached hydrogens (tertiary/aromatic N) is 2. The van der Waals surface area contributed by atoms with Crippen molar-refractivity contribution in [3.63, 3.8) is 0 Å². The average molecular weight is 555 g/mol. The summed E-state index contributed by atoms with van der Waals surface area (Å²) in [6.07, 6.45) is 0. The lowest BCUT2D eigenvalue weighted by atomic mass is 9.81. The lowest BCUT2D eigenvalue weighted by Crippen LogP contribution is -2.32. The molecule has 1 saturated heterocycles. The summed E-state index contributed by atoms with van der Waals surface area (Å²) < 4.78 is 20.0. The molecule has 7 nitrogen and oxygen atoms in total. The van der Waals surface area contributed by atoms with E-state index in [1.54, 1.807) is 6.92 Å². The Hall–Kier alpha value is -3.24. The molecule has 0 bridgehead atoms. The van der Waals surface area contributed by atoms with E-state index in [1.807, 2.05) is 24.3 Å². The van der Waals surface area contributed by atoms with Gasteiger partial charge in [-0.2, -0.15) is 0 Å². The molecular weight excluding hydrogens is 527 g/mol. The van der Waals surface area contributed by atoms with Crippen molar-refractivity contribution in [3.05, 3.63) is 80.0 Å². The highest BCUT2D eigenvalue weighted by molar-refractivity contribution is 8.00. The second-order valence-electron chi connectivity index (χ2n) is 10.3. The number of hydrogen-bond donors (Lipinski definition) is 0. The third-order valence-corrected chi connectivity index (χ3v) is 9.47. The number of carbonyl (C=O) groups excluding carboxylic acids is 3. The Morgan fingerprint density at radius 3 is 2.26 bits per heavy atom. The Balaban J connectivity index is 1.64. The van der Waals surface area contributed by atoms with E-state index in [0.29, 0.717) is 15.6 Å². The number of carbonyl (C=O) groups is 3. The minimum atomic E-state index is -0.810. The highest BCUT2D eigenvalue weighted by Gasteiger charge is 2.56. The fourth-order valence-electron chi connectivity index (χ4n) is 4.99. The topological polar surface area (TPSA) is 85.7 Å². The number of rotatable bonds is 5. The molecule has 3 atom stereocenters. The normalized spacial score (nSPS) is 20.9. The van der Waals surface area contributed by atoms with Crippen molar-refractivity contribution in [2.75, 3.05) is 11.5 Å². The first-order valence-electron chi connectivity index (χ1n) is 12.3. The van der Waals surface area contributed by atoms with E-state index < -0.39 is 40.7 Å². The third-order valence-electron chi connectivity index (χ3n) is 6.86. The molecule has 0 saturated carbocycles. The van der Waals surface area contributed by atoms with Gasteiger partial charge in [0.25, 0.3) is 0 Å². The zero-order valence-electron chi connectivity index (χ0n) is 21.4. The number of ether oxygens (including phenoxy) is 1. The average Bonchev–Trinajstić information content (AvgIpc) is 3.30. The van der Waals surface area contributed by atoms with Crippen LogP contribution in [0, 0.1) is 11.7 Å². The number of thioether (sulfide) groups is 1. The number of halogens is 1. The first-order chi connectivity index (χ1) is 18.0. The number of fused-ring (bicyclic) bond motifs is 2. The highest BCUT2D eigenvalue weighted by Crippen LogP contribution is 2.54. The van der Waals surface area contributed by atoms with Crippen LogP contribution in [0.2, 0.25) is 0 Å². The molecule has 38 heavy (non-hydrogen) atoms. The van der Waals surface area contributed by atoms with Crippen LogP contribution >= 0.6 is 23.1 Å². The standard InChI is InChI=1S/C28H27FN2O5S2/c1-5-36-19(32)14-30-26-23(38-27(30)35)20(15-6-8-16(9-7-15)28(2,3)4)21-22(37-26)25(34)31(24(21)33)18-12-10-17(29)11-13-18/h6-13,20-22H,5,14H2,1-4H3. The molecule has 2 amide bonds. The van der Waals surface area contributed by atoms with Gasteiger partial charge in [-0.1, -0.05) is 68.1 Å². The van der Waals surface area contributed by atoms with E-state index >= 15 is 0 Å². The summed E-state index contributed by atoms with van der Waals surface area (Å²) in [4.78, 5) is 54.3. The molecule has 5 rings (SSSR count). The van der Waals surface area contributed by atoms with E-state index in [0.717, 1.165) is 39.1 Å². The summed E-state index contributed by atoms with van der Waals surface area (Å²) in [5.41, 5.74) is 2.13. The van der Waals surface area contributed by atoms with Crippen molar-refractivity contribution in [3.8, 4) is 0 Å². The molecule has 2 aliphatic rings. The SMILES string of the molecule is CCOC(=O)Cn1c2c(sc1=O)C(c1ccc(C(C)(C)C)cc1)C1C(=O)N(c3ccc(F)cc3)C(=O)C1S2. The maximum atomic E-state index is 13.9. The van der Waals surface area contributed by atoms with E-state index in [4.69, 9.17) is 4.74 Å². The zero-order chi connectivity index (χ0) is 27.4. The van der Waals surface area contributed by atoms with Crippen LogP contribution < -0.4 is 9.77 Å². The summed E-state index contributed by atoms with van der Waals surface area (Å²) in [6.45, 7) is 7.91. The second-order valence-corrected chi connectivity index (χ2v) is 12.5. The van der Waals surface area contributed by atoms with Crippen LogP contribution in [-0.4, -0.2) is 34.2 Å². The van der Waals surface area contributed by atoms with Gasteiger partial charge in [-0.25, -0.2) is 9.29 Å². The maximum Gasteiger partial charge on any atom is 0.326 e. The van der Waals surface area contributed by atoms with Gasteiger partial charge in [0, 0.05) is 10.8 Å². The largest absolute Gasteiger partial charge is 0.465 e. The number of thiazole rings is 1. The second kappa shape index (κ2) is 9.81. The van der Waals surface area contributed by atoms with Gasteiger partial charge < -0.3 is 4.74 Å². The van der Waals surface area contributed by atoms with Crippen LogP contribution in [0.1, 0.15) is 49.6 Å². The van der Waals surface area contributed by atoms with Crippen molar-refractivity contribution in [2.45, 2.75) is 55.8 Å². The summed E-state index contributed by atoms with van der Waals surface area (Å²) in [5.74, 6) is -3.17. The van der Waals surface area contributed by atoms with E-state index in [-0.39, 0.29) is 23.4 Å². The van der Waals surface area contributed by atoms with Gasteiger partial charge in [-0.3, -0.25) is 23.7 Å². The first-order valence-corrected chi connectivity index (χ1v) is 14.0. The Bertz CT molecular complexity index is 1470. The number of esters is 1. The van der Waals surface area contributed by atoms with Gasteiger partial charge in [-0.15, -0.1) is 0 Å². The zero-order valence-corrected chi connectivity index (χ0v) is 23.0. The minimum Gasteiger partial charge on any atom is -0.465 e. The molecule has 1 aromatic heterocycles. The number of imide groups is 1. The van der Waals surface area contributed by atoms with Crippen molar-refractivity contribution in [2.24, 2.45) is 5.92 Å². The van der Waals surface area contributed by atoms with E-state index in [9.17, 15) is 23.6 Å². The highest BCUT2D eigenvalue weighted by atomic mass is 32.2. The predicted octanol–water partition coefficient (Wildman–Crippen LogP) is 4.71. The molecule has 198 valence electrons. The van der Waals surface area contributed by atoms with Crippen molar-refractivity contribution >= 4 is 46.6 Å². The number of benzene rings is 2. The molecule has 0 spiro atoms. The Kier molecular flexibility index (Phi) is 6.81. The minimum absolute atomic E-state index is 0.0824. The van der Waals surface area contributed by atoms with Crippen molar-refractivity contribution in [1.29, 1.82) is 0 Å². The molecule has 3 heterocycles. The predicted molar refractivity (Wildman–Crippen MR) is 144 cm³/mol. The van der Waals surface area contributed by atoms with Crippen LogP contribution in [0.3, 0.4) is 0 Å². The molecule has 0 aliphatic carbocycles. The maximum absolute atomic E-state index is 13.9. The molecule has 0 N–H and O–H groups in total. The van der Waals surface area contributed by atoms with Gasteiger partial charge in [0.05, 0.1) is 23.2 Å². The quantitative estimate of drug-likeness (QED) is 0.336.